The molecule has 0 fully saturated rings. The summed E-state index contributed by atoms with van der Waals surface area (Å²) in [5.41, 5.74) is 2.24. The van der Waals surface area contributed by atoms with Crippen LogP contribution in [0.4, 0.5) is 0 Å². The summed E-state index contributed by atoms with van der Waals surface area (Å²) in [4.78, 5) is 0. The van der Waals surface area contributed by atoms with Gasteiger partial charge in [0.25, 0.3) is 0 Å². The first-order valence-electron chi connectivity index (χ1n) is 8.39. The van der Waals surface area contributed by atoms with E-state index in [0.29, 0.717) is 0 Å². The Kier molecular flexibility index (Phi) is 9.16. The van der Waals surface area contributed by atoms with Crippen LogP contribution in [0.5, 0.6) is 23.0 Å². The van der Waals surface area contributed by atoms with Crippen molar-refractivity contribution in [2.75, 3.05) is 22.1 Å². The van der Waals surface area contributed by atoms with Gasteiger partial charge in [0.05, 0.1) is 13.2 Å². The first-order valence-corrected chi connectivity index (χ1v) is 11.4. The molecule has 0 radical (unpaired) electrons. The minimum Gasteiger partial charge on any atom is -0.493 e. The van der Waals surface area contributed by atoms with Crippen LogP contribution >= 0.6 is 45.2 Å². The first kappa shape index (κ1) is 20.6. The van der Waals surface area contributed by atoms with Crippen LogP contribution in [0.15, 0.2) is 36.4 Å². The van der Waals surface area contributed by atoms with Crippen molar-refractivity contribution in [3.8, 4) is 23.0 Å². The number of rotatable bonds is 10. The SMILES string of the molecule is Cc1cc(OCCCI)cc(Oc2cc(C)cc(OCCCI)c2)c1. The number of alkyl halides is 2. The normalized spacial score (nSPS) is 10.6. The molecule has 2 rings (SSSR count). The van der Waals surface area contributed by atoms with E-state index in [9.17, 15) is 0 Å². The fraction of sp³-hybridized carbons (Fsp3) is 0.400. The summed E-state index contributed by atoms with van der Waals surface area (Å²) in [6.07, 6.45) is 2.08. The van der Waals surface area contributed by atoms with Crippen LogP contribution in [-0.2, 0) is 0 Å². The van der Waals surface area contributed by atoms with Crippen LogP contribution in [0.2, 0.25) is 0 Å². The Morgan fingerprint density at radius 3 is 1.44 bits per heavy atom. The molecule has 0 aromatic heterocycles. The highest BCUT2D eigenvalue weighted by molar-refractivity contribution is 14.1. The summed E-state index contributed by atoms with van der Waals surface area (Å²) in [5, 5.41) is 0. The highest BCUT2D eigenvalue weighted by atomic mass is 127. The smallest absolute Gasteiger partial charge is 0.131 e. The van der Waals surface area contributed by atoms with E-state index in [2.05, 4.69) is 45.2 Å². The maximum Gasteiger partial charge on any atom is 0.131 e. The number of benzene rings is 2. The number of hydrogen-bond donors (Lipinski definition) is 0. The summed E-state index contributed by atoms with van der Waals surface area (Å²) in [7, 11) is 0. The Hall–Kier alpha value is -0.700. The number of halogens is 2. The van der Waals surface area contributed by atoms with Crippen LogP contribution in [0.1, 0.15) is 24.0 Å². The van der Waals surface area contributed by atoms with Crippen molar-refractivity contribution in [3.05, 3.63) is 47.5 Å². The molecule has 0 aliphatic carbocycles. The summed E-state index contributed by atoms with van der Waals surface area (Å²) < 4.78 is 19.9. The van der Waals surface area contributed by atoms with Gasteiger partial charge in [-0.3, -0.25) is 0 Å². The second-order valence-corrected chi connectivity index (χ2v) is 8.01. The molecule has 0 unspecified atom stereocenters. The fourth-order valence-electron chi connectivity index (χ4n) is 2.34. The monoisotopic (exact) mass is 566 g/mol. The third-order valence-electron chi connectivity index (χ3n) is 3.38. The van der Waals surface area contributed by atoms with Gasteiger partial charge >= 0.3 is 0 Å². The predicted octanol–water partition coefficient (Wildman–Crippen LogP) is 6.50. The molecule has 5 heteroatoms. The second kappa shape index (κ2) is 11.1. The topological polar surface area (TPSA) is 27.7 Å². The number of ether oxygens (including phenoxy) is 3. The van der Waals surface area contributed by atoms with E-state index in [1.165, 1.54) is 0 Å². The van der Waals surface area contributed by atoms with E-state index in [1.54, 1.807) is 0 Å². The second-order valence-electron chi connectivity index (χ2n) is 5.85. The molecule has 0 atom stereocenters. The van der Waals surface area contributed by atoms with Gasteiger partial charge < -0.3 is 14.2 Å². The average Bonchev–Trinajstić information content (AvgIpc) is 2.54. The van der Waals surface area contributed by atoms with Gasteiger partial charge in [0.15, 0.2) is 0 Å². The van der Waals surface area contributed by atoms with Crippen molar-refractivity contribution < 1.29 is 14.2 Å². The van der Waals surface area contributed by atoms with Gasteiger partial charge in [0, 0.05) is 21.0 Å². The molecule has 0 saturated heterocycles. The van der Waals surface area contributed by atoms with E-state index in [1.807, 2.05) is 50.2 Å². The highest BCUT2D eigenvalue weighted by Gasteiger charge is 2.06. The van der Waals surface area contributed by atoms with E-state index < -0.39 is 0 Å². The van der Waals surface area contributed by atoms with Gasteiger partial charge in [-0.05, 0) is 62.1 Å². The van der Waals surface area contributed by atoms with Crippen LogP contribution in [0.25, 0.3) is 0 Å². The third kappa shape index (κ3) is 7.60. The Balaban J connectivity index is 2.10. The van der Waals surface area contributed by atoms with Crippen molar-refractivity contribution in [2.24, 2.45) is 0 Å². The molecule has 136 valence electrons. The van der Waals surface area contributed by atoms with Gasteiger partial charge in [0.1, 0.15) is 23.0 Å². The van der Waals surface area contributed by atoms with Crippen molar-refractivity contribution in [2.45, 2.75) is 26.7 Å². The average molecular weight is 566 g/mol. The van der Waals surface area contributed by atoms with E-state index in [0.717, 1.165) is 69.0 Å². The Morgan fingerprint density at radius 1 is 0.640 bits per heavy atom. The summed E-state index contributed by atoms with van der Waals surface area (Å²) in [6.45, 7) is 5.55. The third-order valence-corrected chi connectivity index (χ3v) is 4.90. The molecule has 0 aliphatic heterocycles. The molecular formula is C20H24I2O3. The lowest BCUT2D eigenvalue weighted by Gasteiger charge is -2.13. The standard InChI is InChI=1S/C20H24I2O3/c1-15-9-17(23-7-3-5-21)13-19(11-15)25-20-12-16(2)10-18(14-20)24-8-4-6-22/h9-14H,3-8H2,1-2H3. The van der Waals surface area contributed by atoms with Gasteiger partial charge in [-0.15, -0.1) is 0 Å². The minimum absolute atomic E-state index is 0.727. The van der Waals surface area contributed by atoms with Crippen LogP contribution in [-0.4, -0.2) is 22.1 Å². The van der Waals surface area contributed by atoms with Crippen molar-refractivity contribution >= 4 is 45.2 Å². The quantitative estimate of drug-likeness (QED) is 0.187. The molecule has 0 amide bonds. The molecule has 0 saturated carbocycles. The van der Waals surface area contributed by atoms with E-state index >= 15 is 0 Å². The first-order chi connectivity index (χ1) is 12.1. The predicted molar refractivity (Wildman–Crippen MR) is 120 cm³/mol. The zero-order valence-corrected chi connectivity index (χ0v) is 19.0. The Labute approximate surface area is 177 Å². The molecule has 25 heavy (non-hydrogen) atoms. The Morgan fingerprint density at radius 2 is 1.04 bits per heavy atom. The lowest BCUT2D eigenvalue weighted by Crippen LogP contribution is -1.99. The van der Waals surface area contributed by atoms with Gasteiger partial charge in [-0.1, -0.05) is 45.2 Å². The van der Waals surface area contributed by atoms with E-state index in [-0.39, 0.29) is 0 Å². The lowest BCUT2D eigenvalue weighted by molar-refractivity contribution is 0.316. The largest absolute Gasteiger partial charge is 0.493 e. The fourth-order valence-corrected chi connectivity index (χ4v) is 2.96. The maximum absolute atomic E-state index is 6.07. The maximum atomic E-state index is 6.07. The minimum atomic E-state index is 0.727. The van der Waals surface area contributed by atoms with Crippen molar-refractivity contribution in [1.82, 2.24) is 0 Å². The Bertz CT molecular complexity index is 616. The molecule has 2 aromatic carbocycles. The van der Waals surface area contributed by atoms with Crippen molar-refractivity contribution in [3.63, 3.8) is 0 Å². The van der Waals surface area contributed by atoms with Crippen LogP contribution in [0, 0.1) is 13.8 Å². The molecule has 2 aromatic rings. The van der Waals surface area contributed by atoms with Gasteiger partial charge in [-0.25, -0.2) is 0 Å². The molecule has 0 bridgehead atoms. The lowest BCUT2D eigenvalue weighted by atomic mass is 10.2. The number of aryl methyl sites for hydroxylation is 2. The van der Waals surface area contributed by atoms with Gasteiger partial charge in [0.2, 0.25) is 0 Å². The van der Waals surface area contributed by atoms with Crippen molar-refractivity contribution in [1.29, 1.82) is 0 Å². The number of hydrogen-bond acceptors (Lipinski definition) is 3. The summed E-state index contributed by atoms with van der Waals surface area (Å²) in [5.74, 6) is 3.28. The molecule has 0 aliphatic rings. The van der Waals surface area contributed by atoms with E-state index in [4.69, 9.17) is 14.2 Å². The molecule has 3 nitrogen and oxygen atoms in total. The summed E-state index contributed by atoms with van der Waals surface area (Å²) >= 11 is 4.72. The molecule has 0 spiro atoms. The van der Waals surface area contributed by atoms with Gasteiger partial charge in [-0.2, -0.15) is 0 Å². The summed E-state index contributed by atoms with van der Waals surface area (Å²) in [6, 6.07) is 12.0. The highest BCUT2D eigenvalue weighted by Crippen LogP contribution is 2.30. The molecular weight excluding hydrogens is 542 g/mol. The zero-order valence-electron chi connectivity index (χ0n) is 14.7. The van der Waals surface area contributed by atoms with Crippen LogP contribution in [0.3, 0.4) is 0 Å². The van der Waals surface area contributed by atoms with Crippen LogP contribution < -0.4 is 14.2 Å². The zero-order chi connectivity index (χ0) is 18.1. The molecule has 0 N–H and O–H groups in total. The molecule has 0 heterocycles.